The molecule has 0 unspecified atom stereocenters. The Hall–Kier alpha value is -2.82. The van der Waals surface area contributed by atoms with Gasteiger partial charge in [-0.2, -0.15) is 13.2 Å². The minimum atomic E-state index is -4.45. The average Bonchev–Trinajstić information content (AvgIpc) is 3.39. The van der Waals surface area contributed by atoms with E-state index < -0.39 is 11.7 Å². The van der Waals surface area contributed by atoms with Gasteiger partial charge < -0.3 is 5.32 Å². The normalized spacial score (nSPS) is 11.5. The monoisotopic (exact) mass is 494 g/mol. The highest BCUT2D eigenvalue weighted by molar-refractivity contribution is 7.15. The zero-order chi connectivity index (χ0) is 22.7. The zero-order valence-corrected chi connectivity index (χ0v) is 18.6. The number of nitrogens with one attached hydrogen (secondary N) is 1. The second-order valence-electron chi connectivity index (χ2n) is 6.70. The fraction of sp³-hybridized carbons (Fsp3) is 0.143. The number of thiazole rings is 2. The van der Waals surface area contributed by atoms with Gasteiger partial charge in [0.2, 0.25) is 5.91 Å². The van der Waals surface area contributed by atoms with Gasteiger partial charge in [-0.1, -0.05) is 17.7 Å². The number of aromatic nitrogens is 3. The lowest BCUT2D eigenvalue weighted by atomic mass is 10.1. The summed E-state index contributed by atoms with van der Waals surface area (Å²) < 4.78 is 38.9. The maximum atomic E-state index is 13.0. The number of rotatable bonds is 6. The lowest BCUT2D eigenvalue weighted by molar-refractivity contribution is -0.137. The van der Waals surface area contributed by atoms with Crippen molar-refractivity contribution in [2.24, 2.45) is 0 Å². The summed E-state index contributed by atoms with van der Waals surface area (Å²) in [4.78, 5) is 25.8. The molecule has 0 fully saturated rings. The van der Waals surface area contributed by atoms with Crippen LogP contribution in [-0.2, 0) is 23.8 Å². The number of benzene rings is 1. The Morgan fingerprint density at radius 1 is 1.16 bits per heavy atom. The summed E-state index contributed by atoms with van der Waals surface area (Å²) in [5, 5.41) is 5.82. The van der Waals surface area contributed by atoms with Gasteiger partial charge in [0.25, 0.3) is 0 Å². The molecule has 4 aromatic rings. The molecule has 1 N–H and O–H groups in total. The van der Waals surface area contributed by atoms with Gasteiger partial charge in [-0.3, -0.25) is 9.78 Å². The second-order valence-corrected chi connectivity index (χ2v) is 9.08. The Kier molecular flexibility index (Phi) is 6.54. The summed E-state index contributed by atoms with van der Waals surface area (Å²) in [7, 11) is 0. The summed E-state index contributed by atoms with van der Waals surface area (Å²) in [5.41, 5.74) is 0.929. The lowest BCUT2D eigenvalue weighted by Gasteiger charge is -2.09. The third kappa shape index (κ3) is 5.50. The van der Waals surface area contributed by atoms with Crippen LogP contribution in [0.1, 0.15) is 21.7 Å². The van der Waals surface area contributed by atoms with Crippen LogP contribution in [0.15, 0.2) is 54.2 Å². The van der Waals surface area contributed by atoms with Crippen LogP contribution >= 0.6 is 34.3 Å². The molecule has 0 spiro atoms. The highest BCUT2D eigenvalue weighted by atomic mass is 35.5. The molecule has 164 valence electrons. The van der Waals surface area contributed by atoms with E-state index >= 15 is 0 Å². The molecule has 5 nitrogen and oxygen atoms in total. The van der Waals surface area contributed by atoms with Gasteiger partial charge >= 0.3 is 6.18 Å². The molecule has 0 radical (unpaired) electrons. The number of nitrogens with zero attached hydrogens (tertiary/aromatic N) is 3. The predicted octanol–water partition coefficient (Wildman–Crippen LogP) is 6.11. The number of pyridine rings is 1. The van der Waals surface area contributed by atoms with E-state index in [9.17, 15) is 18.0 Å². The number of carbonyl (C=O) groups excluding carboxylic acids is 1. The van der Waals surface area contributed by atoms with E-state index in [1.807, 2.05) is 18.2 Å². The Morgan fingerprint density at radius 3 is 2.75 bits per heavy atom. The first-order chi connectivity index (χ1) is 15.3. The number of halogens is 4. The van der Waals surface area contributed by atoms with E-state index in [-0.39, 0.29) is 23.8 Å². The van der Waals surface area contributed by atoms with Crippen LogP contribution in [0.3, 0.4) is 0 Å². The van der Waals surface area contributed by atoms with Crippen LogP contribution in [0.4, 0.5) is 18.3 Å². The van der Waals surface area contributed by atoms with Crippen molar-refractivity contribution in [2.75, 3.05) is 5.32 Å². The highest BCUT2D eigenvalue weighted by Crippen LogP contribution is 2.33. The largest absolute Gasteiger partial charge is 0.416 e. The van der Waals surface area contributed by atoms with Crippen molar-refractivity contribution >= 4 is 45.3 Å². The van der Waals surface area contributed by atoms with Crippen LogP contribution in [-0.4, -0.2) is 20.9 Å². The highest BCUT2D eigenvalue weighted by Gasteiger charge is 2.31. The quantitative estimate of drug-likeness (QED) is 0.351. The number of amides is 1. The molecule has 0 atom stereocenters. The van der Waals surface area contributed by atoms with Gasteiger partial charge in [-0.05, 0) is 35.9 Å². The van der Waals surface area contributed by atoms with E-state index in [4.69, 9.17) is 11.6 Å². The Labute approximate surface area is 194 Å². The van der Waals surface area contributed by atoms with E-state index in [0.29, 0.717) is 21.3 Å². The van der Waals surface area contributed by atoms with Crippen LogP contribution in [0.5, 0.6) is 0 Å². The average molecular weight is 495 g/mol. The molecule has 0 saturated carbocycles. The maximum Gasteiger partial charge on any atom is 0.416 e. The molecule has 0 aliphatic heterocycles. The van der Waals surface area contributed by atoms with Crippen LogP contribution in [0, 0.1) is 0 Å². The Morgan fingerprint density at radius 2 is 2.00 bits per heavy atom. The molecule has 0 aliphatic rings. The van der Waals surface area contributed by atoms with Crippen molar-refractivity contribution < 1.29 is 18.0 Å². The molecule has 1 aromatic carbocycles. The van der Waals surface area contributed by atoms with Crippen LogP contribution in [0.25, 0.3) is 10.7 Å². The summed E-state index contributed by atoms with van der Waals surface area (Å²) in [6, 6.07) is 8.73. The van der Waals surface area contributed by atoms with E-state index in [0.717, 1.165) is 22.8 Å². The molecular weight excluding hydrogens is 481 g/mol. The zero-order valence-electron chi connectivity index (χ0n) is 16.2. The van der Waals surface area contributed by atoms with E-state index in [2.05, 4.69) is 20.3 Å². The summed E-state index contributed by atoms with van der Waals surface area (Å²) in [5.74, 6) is -0.291. The van der Waals surface area contributed by atoms with Gasteiger partial charge in [-0.25, -0.2) is 9.97 Å². The molecule has 32 heavy (non-hydrogen) atoms. The fourth-order valence-corrected chi connectivity index (χ4v) is 4.68. The van der Waals surface area contributed by atoms with Gasteiger partial charge in [0, 0.05) is 34.1 Å². The standard InChI is InChI=1S/C21H14ClF3N4OS2/c22-16-5-4-13(21(23,24)25)7-12(16)8-15-10-27-20(32-15)29-18(30)9-14-11-31-19(28-14)17-3-1-2-6-26-17/h1-7,10-11H,8-9H2,(H,27,29,30). The fourth-order valence-electron chi connectivity index (χ4n) is 2.84. The van der Waals surface area contributed by atoms with Crippen LogP contribution in [0.2, 0.25) is 5.02 Å². The third-order valence-electron chi connectivity index (χ3n) is 4.32. The minimum Gasteiger partial charge on any atom is -0.302 e. The van der Waals surface area contributed by atoms with Gasteiger partial charge in [-0.15, -0.1) is 22.7 Å². The topological polar surface area (TPSA) is 67.8 Å². The van der Waals surface area contributed by atoms with E-state index in [1.54, 1.807) is 11.6 Å². The third-order valence-corrected chi connectivity index (χ3v) is 6.51. The second kappa shape index (κ2) is 9.35. The molecular formula is C21H14ClF3N4OS2. The number of hydrogen-bond acceptors (Lipinski definition) is 6. The summed E-state index contributed by atoms with van der Waals surface area (Å²) in [6.45, 7) is 0. The summed E-state index contributed by atoms with van der Waals surface area (Å²) in [6.07, 6.45) is -1.01. The van der Waals surface area contributed by atoms with Crippen molar-refractivity contribution in [1.29, 1.82) is 0 Å². The smallest absolute Gasteiger partial charge is 0.302 e. The molecule has 1 amide bonds. The first-order valence-corrected chi connectivity index (χ1v) is 11.3. The molecule has 3 heterocycles. The SMILES string of the molecule is O=C(Cc1csc(-c2ccccn2)n1)Nc1ncc(Cc2cc(C(F)(F)F)ccc2Cl)s1. The molecule has 0 aliphatic carbocycles. The number of carbonyl (C=O) groups is 1. The van der Waals surface area contributed by atoms with Gasteiger partial charge in [0.15, 0.2) is 5.13 Å². The maximum absolute atomic E-state index is 13.0. The molecule has 0 saturated heterocycles. The van der Waals surface area contributed by atoms with Crippen molar-refractivity contribution in [2.45, 2.75) is 19.0 Å². The van der Waals surface area contributed by atoms with Crippen LogP contribution < -0.4 is 5.32 Å². The number of alkyl halides is 3. The minimum absolute atomic E-state index is 0.0672. The van der Waals surface area contributed by atoms with Crippen molar-refractivity contribution in [3.05, 3.63) is 80.9 Å². The lowest BCUT2D eigenvalue weighted by Crippen LogP contribution is -2.14. The van der Waals surface area contributed by atoms with Crippen molar-refractivity contribution in [3.63, 3.8) is 0 Å². The van der Waals surface area contributed by atoms with E-state index in [1.165, 1.54) is 34.9 Å². The predicted molar refractivity (Wildman–Crippen MR) is 119 cm³/mol. The molecule has 0 bridgehead atoms. The summed E-state index contributed by atoms with van der Waals surface area (Å²) >= 11 is 8.64. The Bertz CT molecular complexity index is 1240. The first-order valence-electron chi connectivity index (χ1n) is 9.24. The first kappa shape index (κ1) is 22.4. The number of hydrogen-bond donors (Lipinski definition) is 1. The Balaban J connectivity index is 1.39. The van der Waals surface area contributed by atoms with Crippen molar-refractivity contribution in [1.82, 2.24) is 15.0 Å². The van der Waals surface area contributed by atoms with Gasteiger partial charge in [0.1, 0.15) is 5.01 Å². The number of anilines is 1. The van der Waals surface area contributed by atoms with Gasteiger partial charge in [0.05, 0.1) is 23.4 Å². The van der Waals surface area contributed by atoms with Crippen molar-refractivity contribution in [3.8, 4) is 10.7 Å². The molecule has 4 rings (SSSR count). The molecule has 3 aromatic heterocycles. The molecule has 11 heteroatoms.